The summed E-state index contributed by atoms with van der Waals surface area (Å²) < 4.78 is 43.8. The van der Waals surface area contributed by atoms with Gasteiger partial charge in [0.05, 0.1) is 16.7 Å². The SMILES string of the molecule is CC(C)CNc1cc2c(cc1Cl)C=C(C(=O)[O-])C(C(F)(F)F)O2. The van der Waals surface area contributed by atoms with Gasteiger partial charge in [-0.25, -0.2) is 0 Å². The normalized spacial score (nSPS) is 17.3. The summed E-state index contributed by atoms with van der Waals surface area (Å²) in [6.45, 7) is 4.50. The molecule has 1 atom stereocenters. The van der Waals surface area contributed by atoms with E-state index in [1.807, 2.05) is 13.8 Å². The summed E-state index contributed by atoms with van der Waals surface area (Å²) in [4.78, 5) is 10.9. The van der Waals surface area contributed by atoms with Crippen LogP contribution in [0.3, 0.4) is 0 Å². The molecule has 0 saturated heterocycles. The predicted molar refractivity (Wildman–Crippen MR) is 78.2 cm³/mol. The van der Waals surface area contributed by atoms with Crippen molar-refractivity contribution in [3.63, 3.8) is 0 Å². The van der Waals surface area contributed by atoms with Crippen LogP contribution in [0.1, 0.15) is 19.4 Å². The molecule has 4 nitrogen and oxygen atoms in total. The number of ether oxygens (including phenoxy) is 1. The molecule has 0 bridgehead atoms. The van der Waals surface area contributed by atoms with Gasteiger partial charge in [0.15, 0.2) is 0 Å². The van der Waals surface area contributed by atoms with Gasteiger partial charge < -0.3 is 20.0 Å². The number of carboxylic acids is 1. The molecule has 1 aliphatic heterocycles. The van der Waals surface area contributed by atoms with Crippen LogP contribution in [0.5, 0.6) is 5.75 Å². The molecule has 1 aromatic rings. The third kappa shape index (κ3) is 3.90. The molecule has 0 aromatic heterocycles. The Morgan fingerprint density at radius 3 is 2.61 bits per heavy atom. The van der Waals surface area contributed by atoms with E-state index < -0.39 is 23.8 Å². The largest absolute Gasteiger partial charge is 0.545 e. The number of nitrogens with one attached hydrogen (secondary N) is 1. The lowest BCUT2D eigenvalue weighted by Crippen LogP contribution is -2.44. The Morgan fingerprint density at radius 1 is 1.43 bits per heavy atom. The Morgan fingerprint density at radius 2 is 2.09 bits per heavy atom. The van der Waals surface area contributed by atoms with Crippen LogP contribution in [0, 0.1) is 5.92 Å². The van der Waals surface area contributed by atoms with Crippen molar-refractivity contribution in [3.8, 4) is 5.75 Å². The molecule has 1 unspecified atom stereocenters. The number of fused-ring (bicyclic) bond motifs is 1. The van der Waals surface area contributed by atoms with Crippen molar-refractivity contribution in [2.75, 3.05) is 11.9 Å². The van der Waals surface area contributed by atoms with Gasteiger partial charge in [-0.2, -0.15) is 13.2 Å². The Kier molecular flexibility index (Phi) is 4.79. The highest BCUT2D eigenvalue weighted by molar-refractivity contribution is 6.33. The highest BCUT2D eigenvalue weighted by Gasteiger charge is 2.46. The number of anilines is 1. The second kappa shape index (κ2) is 6.31. The summed E-state index contributed by atoms with van der Waals surface area (Å²) in [6, 6.07) is 2.69. The number of aliphatic carboxylic acids is 1. The number of halogens is 4. The van der Waals surface area contributed by atoms with Gasteiger partial charge in [0.2, 0.25) is 6.10 Å². The van der Waals surface area contributed by atoms with Crippen LogP contribution in [0.2, 0.25) is 5.02 Å². The van der Waals surface area contributed by atoms with E-state index in [4.69, 9.17) is 16.3 Å². The van der Waals surface area contributed by atoms with Gasteiger partial charge >= 0.3 is 6.18 Å². The van der Waals surface area contributed by atoms with E-state index in [0.717, 1.165) is 6.08 Å². The average molecular weight is 349 g/mol. The quantitative estimate of drug-likeness (QED) is 0.909. The number of alkyl halides is 3. The maximum Gasteiger partial charge on any atom is 0.429 e. The van der Waals surface area contributed by atoms with Crippen LogP contribution < -0.4 is 15.2 Å². The molecule has 1 heterocycles. The Labute approximate surface area is 135 Å². The van der Waals surface area contributed by atoms with Crippen molar-refractivity contribution in [2.45, 2.75) is 26.1 Å². The molecule has 23 heavy (non-hydrogen) atoms. The standard InChI is InChI=1S/C15H15ClF3NO3/c1-7(2)6-20-11-5-12-8(4-10(11)16)3-9(14(21)22)13(23-12)15(17,18)19/h3-5,7,13,20H,6H2,1-2H3,(H,21,22)/p-1. The van der Waals surface area contributed by atoms with E-state index in [2.05, 4.69) is 5.32 Å². The van der Waals surface area contributed by atoms with Crippen molar-refractivity contribution in [1.29, 1.82) is 0 Å². The van der Waals surface area contributed by atoms with Gasteiger partial charge in [0, 0.05) is 23.7 Å². The lowest BCUT2D eigenvalue weighted by molar-refractivity contribution is -0.302. The number of benzene rings is 1. The first-order chi connectivity index (χ1) is 10.6. The summed E-state index contributed by atoms with van der Waals surface area (Å²) >= 11 is 6.07. The zero-order valence-electron chi connectivity index (χ0n) is 12.3. The molecule has 0 fully saturated rings. The number of carbonyl (C=O) groups is 1. The van der Waals surface area contributed by atoms with Crippen LogP contribution in [0.4, 0.5) is 18.9 Å². The third-order valence-electron chi connectivity index (χ3n) is 3.17. The highest BCUT2D eigenvalue weighted by Crippen LogP contribution is 2.40. The molecule has 0 radical (unpaired) electrons. The fourth-order valence-corrected chi connectivity index (χ4v) is 2.31. The Balaban J connectivity index is 2.43. The monoisotopic (exact) mass is 348 g/mol. The van der Waals surface area contributed by atoms with Crippen LogP contribution in [-0.2, 0) is 4.79 Å². The van der Waals surface area contributed by atoms with Crippen LogP contribution >= 0.6 is 11.6 Å². The van der Waals surface area contributed by atoms with Crippen molar-refractivity contribution in [1.82, 2.24) is 0 Å². The molecule has 1 N–H and O–H groups in total. The van der Waals surface area contributed by atoms with E-state index in [1.165, 1.54) is 12.1 Å². The maximum atomic E-state index is 13.0. The zero-order valence-corrected chi connectivity index (χ0v) is 13.1. The number of rotatable bonds is 4. The first-order valence-corrected chi connectivity index (χ1v) is 7.21. The summed E-state index contributed by atoms with van der Waals surface area (Å²) in [7, 11) is 0. The minimum absolute atomic E-state index is 0.0898. The maximum absolute atomic E-state index is 13.0. The summed E-state index contributed by atoms with van der Waals surface area (Å²) in [5.74, 6) is -1.72. The molecule has 0 amide bonds. The second-order valence-electron chi connectivity index (χ2n) is 5.57. The number of hydrogen-bond acceptors (Lipinski definition) is 4. The predicted octanol–water partition coefficient (Wildman–Crippen LogP) is 2.86. The molecular weight excluding hydrogens is 335 g/mol. The molecule has 1 aliphatic rings. The van der Waals surface area contributed by atoms with Gasteiger partial charge in [0.25, 0.3) is 0 Å². The van der Waals surface area contributed by atoms with E-state index in [9.17, 15) is 23.1 Å². The molecular formula is C15H14ClF3NO3-. The molecule has 0 aliphatic carbocycles. The van der Waals surface area contributed by atoms with Gasteiger partial charge in [-0.05, 0) is 18.1 Å². The molecule has 0 spiro atoms. The van der Waals surface area contributed by atoms with Crippen molar-refractivity contribution < 1.29 is 27.8 Å². The number of hydrogen-bond donors (Lipinski definition) is 1. The van der Waals surface area contributed by atoms with Crippen molar-refractivity contribution in [2.24, 2.45) is 5.92 Å². The van der Waals surface area contributed by atoms with E-state index in [-0.39, 0.29) is 16.3 Å². The minimum atomic E-state index is -4.87. The Hall–Kier alpha value is -1.89. The van der Waals surface area contributed by atoms with Gasteiger partial charge in [-0.15, -0.1) is 0 Å². The van der Waals surface area contributed by atoms with E-state index >= 15 is 0 Å². The molecule has 2 rings (SSSR count). The fourth-order valence-electron chi connectivity index (χ4n) is 2.08. The van der Waals surface area contributed by atoms with Crippen molar-refractivity contribution >= 4 is 29.3 Å². The number of carboxylic acid groups (broad SMARTS) is 1. The topological polar surface area (TPSA) is 61.4 Å². The minimum Gasteiger partial charge on any atom is -0.545 e. The Bertz CT molecular complexity index is 656. The second-order valence-corrected chi connectivity index (χ2v) is 5.98. The van der Waals surface area contributed by atoms with E-state index in [1.54, 1.807) is 0 Å². The van der Waals surface area contributed by atoms with Gasteiger partial charge in [-0.3, -0.25) is 0 Å². The smallest absolute Gasteiger partial charge is 0.429 e. The number of carbonyl (C=O) groups excluding carboxylic acids is 1. The molecule has 126 valence electrons. The first kappa shape index (κ1) is 17.5. The molecule has 0 saturated carbocycles. The third-order valence-corrected chi connectivity index (χ3v) is 3.48. The van der Waals surface area contributed by atoms with E-state index in [0.29, 0.717) is 18.2 Å². The summed E-state index contributed by atoms with van der Waals surface area (Å²) in [5.41, 5.74) is -0.404. The highest BCUT2D eigenvalue weighted by atomic mass is 35.5. The first-order valence-electron chi connectivity index (χ1n) is 6.83. The fraction of sp³-hybridized carbons (Fsp3) is 0.400. The molecule has 1 aromatic carbocycles. The zero-order chi connectivity index (χ0) is 17.4. The van der Waals surface area contributed by atoms with Crippen LogP contribution in [-0.4, -0.2) is 24.8 Å². The van der Waals surface area contributed by atoms with Gasteiger partial charge in [0.1, 0.15) is 5.75 Å². The average Bonchev–Trinajstić information content (AvgIpc) is 2.42. The van der Waals surface area contributed by atoms with Crippen molar-refractivity contribution in [3.05, 3.63) is 28.3 Å². The van der Waals surface area contributed by atoms with Gasteiger partial charge in [-0.1, -0.05) is 25.4 Å². The molecule has 8 heteroatoms. The van der Waals surface area contributed by atoms with Crippen LogP contribution in [0.15, 0.2) is 17.7 Å². The summed E-state index contributed by atoms with van der Waals surface area (Å²) in [5, 5.41) is 14.2. The lowest BCUT2D eigenvalue weighted by Gasteiger charge is -2.30. The summed E-state index contributed by atoms with van der Waals surface area (Å²) in [6.07, 6.45) is -6.56. The lowest BCUT2D eigenvalue weighted by atomic mass is 10.0. The van der Waals surface area contributed by atoms with Crippen LogP contribution in [0.25, 0.3) is 6.08 Å².